The van der Waals surface area contributed by atoms with Crippen LogP contribution < -0.4 is 10.9 Å². The van der Waals surface area contributed by atoms with Crippen molar-refractivity contribution in [2.45, 2.75) is 207 Å². The van der Waals surface area contributed by atoms with Crippen molar-refractivity contribution >= 4 is 25.2 Å². The van der Waals surface area contributed by atoms with Gasteiger partial charge in [0.15, 0.2) is 0 Å². The van der Waals surface area contributed by atoms with Gasteiger partial charge in [0.1, 0.15) is 0 Å². The van der Waals surface area contributed by atoms with E-state index in [1.807, 2.05) is 0 Å². The van der Waals surface area contributed by atoms with Gasteiger partial charge >= 0.3 is 14.2 Å². The third-order valence-corrected chi connectivity index (χ3v) is 11.0. The van der Waals surface area contributed by atoms with Crippen LogP contribution in [0.2, 0.25) is 0 Å². The predicted molar refractivity (Wildman–Crippen MR) is 191 cm³/mol. The largest absolute Gasteiger partial charge is 0.495 e. The van der Waals surface area contributed by atoms with Crippen molar-refractivity contribution in [2.75, 3.05) is 0 Å². The van der Waals surface area contributed by atoms with Gasteiger partial charge in [0, 0.05) is 0 Å². The van der Waals surface area contributed by atoms with E-state index < -0.39 is 0 Å². The Morgan fingerprint density at radius 3 is 0.932 bits per heavy atom. The van der Waals surface area contributed by atoms with Gasteiger partial charge in [0.05, 0.1) is 22.4 Å². The van der Waals surface area contributed by atoms with E-state index in [1.54, 1.807) is 0 Å². The van der Waals surface area contributed by atoms with Crippen LogP contribution in [0.4, 0.5) is 0 Å². The lowest BCUT2D eigenvalue weighted by Gasteiger charge is -2.32. The second kappa shape index (κ2) is 16.8. The maximum Gasteiger partial charge on any atom is 0.495 e. The second-order valence-electron chi connectivity index (χ2n) is 15.9. The van der Waals surface area contributed by atoms with Crippen molar-refractivity contribution in [3.63, 3.8) is 0 Å². The molecule has 0 radical (unpaired) electrons. The van der Waals surface area contributed by atoms with Gasteiger partial charge in [-0.1, -0.05) is 116 Å². The molecule has 3 rings (SSSR count). The van der Waals surface area contributed by atoms with Gasteiger partial charge in [0.2, 0.25) is 0 Å². The quantitative estimate of drug-likeness (QED) is 0.109. The van der Waals surface area contributed by atoms with Crippen LogP contribution >= 0.6 is 0 Å². The third-order valence-electron chi connectivity index (χ3n) is 11.0. The first-order valence-corrected chi connectivity index (χ1v) is 18.6. The van der Waals surface area contributed by atoms with E-state index in [9.17, 15) is 0 Å². The number of benzene rings is 1. The van der Waals surface area contributed by atoms with Crippen LogP contribution in [0.25, 0.3) is 0 Å². The molecule has 0 aliphatic carbocycles. The zero-order valence-electron chi connectivity index (χ0n) is 30.7. The molecule has 0 amide bonds. The molecule has 0 unspecified atom stereocenters. The second-order valence-corrected chi connectivity index (χ2v) is 15.9. The minimum atomic E-state index is -0.365. The molecule has 0 spiro atoms. The van der Waals surface area contributed by atoms with Gasteiger partial charge in [-0.25, -0.2) is 0 Å². The average molecular weight is 611 g/mol. The number of aryl methyl sites for hydroxylation is 2. The Balaban J connectivity index is 1.84. The summed E-state index contributed by atoms with van der Waals surface area (Å²) in [4.78, 5) is 0. The van der Waals surface area contributed by atoms with Crippen LogP contribution in [-0.2, 0) is 31.5 Å². The zero-order valence-corrected chi connectivity index (χ0v) is 30.7. The number of hydrogen-bond donors (Lipinski definition) is 0. The van der Waals surface area contributed by atoms with Gasteiger partial charge in [-0.15, -0.1) is 0 Å². The topological polar surface area (TPSA) is 36.9 Å². The van der Waals surface area contributed by atoms with Gasteiger partial charge in [-0.2, -0.15) is 0 Å². The number of hydrogen-bond acceptors (Lipinski definition) is 4. The van der Waals surface area contributed by atoms with Gasteiger partial charge < -0.3 is 18.6 Å². The molecule has 4 nitrogen and oxygen atoms in total. The predicted octanol–water partition coefficient (Wildman–Crippen LogP) is 9.65. The van der Waals surface area contributed by atoms with Crippen molar-refractivity contribution in [1.82, 2.24) is 0 Å². The Bertz CT molecular complexity index is 891. The minimum Gasteiger partial charge on any atom is -0.399 e. The molecule has 2 fully saturated rings. The molecule has 0 N–H and O–H groups in total. The maximum atomic E-state index is 6.66. The SMILES string of the molecule is CCCCCCCCCCc1cc(B2OC(C)(C)C(C)(C)O2)c(CCCCCCCCCC)cc1B1OC(C)(C)C(C)(C)O1. The number of rotatable bonds is 20. The molecule has 2 aliphatic rings. The van der Waals surface area contributed by atoms with E-state index in [0.29, 0.717) is 0 Å². The van der Waals surface area contributed by atoms with Gasteiger partial charge in [-0.3, -0.25) is 0 Å². The summed E-state index contributed by atoms with van der Waals surface area (Å²) < 4.78 is 26.7. The molecule has 0 atom stereocenters. The highest BCUT2D eigenvalue weighted by Gasteiger charge is 2.54. The summed E-state index contributed by atoms with van der Waals surface area (Å²) in [5.74, 6) is 0. The number of unbranched alkanes of at least 4 members (excludes halogenated alkanes) is 14. The first-order valence-electron chi connectivity index (χ1n) is 18.6. The molecular formula is C38H68B2O4. The minimum absolute atomic E-state index is 0.353. The molecule has 0 bridgehead atoms. The maximum absolute atomic E-state index is 6.66. The van der Waals surface area contributed by atoms with Crippen LogP contribution in [-0.4, -0.2) is 36.6 Å². The summed E-state index contributed by atoms with van der Waals surface area (Å²) >= 11 is 0. The van der Waals surface area contributed by atoms with Crippen molar-refractivity contribution in [3.05, 3.63) is 23.3 Å². The fourth-order valence-electron chi connectivity index (χ4n) is 6.44. The van der Waals surface area contributed by atoms with Crippen LogP contribution in [0, 0.1) is 0 Å². The molecule has 2 saturated heterocycles. The lowest BCUT2D eigenvalue weighted by molar-refractivity contribution is 0.00578. The standard InChI is InChI=1S/C38H68B2O4/c1-11-13-15-17-19-21-23-25-27-31-29-34(40-43-37(7,8)38(9,10)44-40)32(28-26-24-22-20-18-16-14-12-2)30-33(31)39-41-35(3,4)36(5,6)42-39/h29-30H,11-28H2,1-10H3. The fourth-order valence-corrected chi connectivity index (χ4v) is 6.44. The fraction of sp³-hybridized carbons (Fsp3) is 0.842. The Labute approximate surface area is 273 Å². The van der Waals surface area contributed by atoms with Crippen molar-refractivity contribution in [3.8, 4) is 0 Å². The average Bonchev–Trinajstić information content (AvgIpc) is 3.30. The first-order chi connectivity index (χ1) is 20.7. The Kier molecular flexibility index (Phi) is 14.4. The Morgan fingerprint density at radius 2 is 0.659 bits per heavy atom. The summed E-state index contributed by atoms with van der Waals surface area (Å²) in [5, 5.41) is 0. The van der Waals surface area contributed by atoms with Gasteiger partial charge in [-0.05, 0) is 103 Å². The van der Waals surface area contributed by atoms with E-state index in [2.05, 4.69) is 81.4 Å². The Hall–Kier alpha value is -0.810. The molecule has 0 aromatic heterocycles. The molecule has 250 valence electrons. The lowest BCUT2D eigenvalue weighted by Crippen LogP contribution is -2.43. The third kappa shape index (κ3) is 10.1. The molecule has 2 heterocycles. The highest BCUT2D eigenvalue weighted by Crippen LogP contribution is 2.38. The van der Waals surface area contributed by atoms with Crippen LogP contribution in [0.3, 0.4) is 0 Å². The molecule has 0 saturated carbocycles. The summed E-state index contributed by atoms with van der Waals surface area (Å²) in [6.45, 7) is 21.8. The van der Waals surface area contributed by atoms with Crippen molar-refractivity contribution in [1.29, 1.82) is 0 Å². The molecule has 1 aromatic carbocycles. The van der Waals surface area contributed by atoms with Crippen LogP contribution in [0.1, 0.15) is 183 Å². The monoisotopic (exact) mass is 611 g/mol. The van der Waals surface area contributed by atoms with E-state index >= 15 is 0 Å². The molecule has 2 aliphatic heterocycles. The van der Waals surface area contributed by atoms with Gasteiger partial charge in [0.25, 0.3) is 0 Å². The highest BCUT2D eigenvalue weighted by molar-refractivity contribution is 6.65. The Morgan fingerprint density at radius 1 is 0.409 bits per heavy atom. The lowest BCUT2D eigenvalue weighted by atomic mass is 9.67. The van der Waals surface area contributed by atoms with E-state index in [0.717, 1.165) is 12.8 Å². The highest BCUT2D eigenvalue weighted by atomic mass is 16.7. The summed E-state index contributed by atoms with van der Waals surface area (Å²) in [6.07, 6.45) is 23.1. The first kappa shape index (κ1) is 37.6. The van der Waals surface area contributed by atoms with Crippen LogP contribution in [0.15, 0.2) is 12.1 Å². The molecule has 1 aromatic rings. The van der Waals surface area contributed by atoms with Crippen molar-refractivity contribution in [2.24, 2.45) is 0 Å². The van der Waals surface area contributed by atoms with E-state index in [1.165, 1.54) is 125 Å². The van der Waals surface area contributed by atoms with E-state index in [-0.39, 0.29) is 36.6 Å². The van der Waals surface area contributed by atoms with Crippen LogP contribution in [0.5, 0.6) is 0 Å². The smallest absolute Gasteiger partial charge is 0.399 e. The molecule has 6 heteroatoms. The summed E-state index contributed by atoms with van der Waals surface area (Å²) in [6, 6.07) is 4.81. The summed E-state index contributed by atoms with van der Waals surface area (Å²) in [5.41, 5.74) is 3.62. The van der Waals surface area contributed by atoms with E-state index in [4.69, 9.17) is 18.6 Å². The zero-order chi connectivity index (χ0) is 32.4. The normalized spacial score (nSPS) is 20.1. The summed E-state index contributed by atoms with van der Waals surface area (Å²) in [7, 11) is -0.706. The molecule has 44 heavy (non-hydrogen) atoms. The molecular weight excluding hydrogens is 542 g/mol. The van der Waals surface area contributed by atoms with Crippen molar-refractivity contribution < 1.29 is 18.6 Å².